The van der Waals surface area contributed by atoms with Gasteiger partial charge in [0.15, 0.2) is 41.5 Å². The maximum atomic E-state index is 12.5. The molecular formula is C23H28N7O14P2+. The summed E-state index contributed by atoms with van der Waals surface area (Å²) in [6.07, 6.45) is -3.16. The summed E-state index contributed by atoms with van der Waals surface area (Å²) < 4.78 is 54.1. The van der Waals surface area contributed by atoms with Crippen molar-refractivity contribution in [2.45, 2.75) is 49.1 Å². The number of imidazole rings is 2. The van der Waals surface area contributed by atoms with Crippen molar-refractivity contribution in [3.8, 4) is 0 Å². The van der Waals surface area contributed by atoms with Gasteiger partial charge >= 0.3 is 15.6 Å². The fourth-order valence-corrected chi connectivity index (χ4v) is 7.14. The van der Waals surface area contributed by atoms with Gasteiger partial charge in [-0.25, -0.2) is 24.1 Å². The molecule has 248 valence electrons. The number of nitrogens with two attached hydrogens (primary N) is 1. The minimum atomic E-state index is -5.37. The summed E-state index contributed by atoms with van der Waals surface area (Å²) in [6, 6.07) is 2.84. The molecule has 10 unspecified atom stereocenters. The van der Waals surface area contributed by atoms with Crippen LogP contribution in [0.5, 0.6) is 0 Å². The van der Waals surface area contributed by atoms with E-state index in [0.29, 0.717) is 11.2 Å². The molecule has 0 bridgehead atoms. The van der Waals surface area contributed by atoms with E-state index in [9.17, 15) is 44.1 Å². The van der Waals surface area contributed by atoms with Crippen LogP contribution in [-0.4, -0.2) is 110 Å². The Balaban J connectivity index is 1.04. The molecule has 0 radical (unpaired) electrons. The molecule has 2 aliphatic rings. The number of aliphatic hydroxyl groups excluding tert-OH is 4. The Morgan fingerprint density at radius 1 is 0.935 bits per heavy atom. The second kappa shape index (κ2) is 12.4. The summed E-state index contributed by atoms with van der Waals surface area (Å²) in [4.78, 5) is 44.3. The van der Waals surface area contributed by atoms with E-state index in [-0.39, 0.29) is 11.2 Å². The van der Waals surface area contributed by atoms with Gasteiger partial charge in [-0.3, -0.25) is 22.8 Å². The fourth-order valence-electron chi connectivity index (χ4n) is 5.05. The van der Waals surface area contributed by atoms with Crippen LogP contribution in [-0.2, 0) is 32.0 Å². The van der Waals surface area contributed by atoms with Crippen LogP contribution < -0.4 is 10.3 Å². The molecule has 10 atom stereocenters. The monoisotopic (exact) mass is 688 g/mol. The van der Waals surface area contributed by atoms with Gasteiger partial charge in [-0.15, -0.1) is 0 Å². The molecule has 0 aliphatic carbocycles. The average molecular weight is 688 g/mol. The normalized spacial score (nSPS) is 30.9. The van der Waals surface area contributed by atoms with Gasteiger partial charge in [0.1, 0.15) is 42.4 Å². The van der Waals surface area contributed by atoms with Crippen LogP contribution in [0.1, 0.15) is 22.8 Å². The van der Waals surface area contributed by atoms with E-state index in [1.807, 2.05) is 0 Å². The van der Waals surface area contributed by atoms with Gasteiger partial charge < -0.3 is 45.4 Å². The van der Waals surface area contributed by atoms with E-state index in [1.54, 1.807) is 16.8 Å². The fraction of sp³-hybridized carbons (Fsp3) is 0.435. The number of phosphoric ester groups is 2. The van der Waals surface area contributed by atoms with Crippen molar-refractivity contribution in [3.05, 3.63) is 55.1 Å². The van der Waals surface area contributed by atoms with Gasteiger partial charge in [0.25, 0.3) is 12.1 Å². The Bertz CT molecular complexity index is 1860. The van der Waals surface area contributed by atoms with Crippen molar-refractivity contribution < 1.29 is 71.5 Å². The van der Waals surface area contributed by atoms with Crippen molar-refractivity contribution in [3.63, 3.8) is 0 Å². The number of rotatable bonds is 11. The zero-order chi connectivity index (χ0) is 33.0. The molecule has 46 heavy (non-hydrogen) atoms. The minimum Gasteiger partial charge on any atom is -0.387 e. The summed E-state index contributed by atoms with van der Waals surface area (Å²) >= 11 is 0. The van der Waals surface area contributed by atoms with E-state index in [1.165, 1.54) is 46.3 Å². The number of hydrogen-bond donors (Lipinski definition) is 7. The van der Waals surface area contributed by atoms with Crippen molar-refractivity contribution >= 4 is 38.4 Å². The van der Waals surface area contributed by atoms with Gasteiger partial charge in [0, 0.05) is 18.5 Å². The number of ether oxygens (including phenoxy) is 2. The lowest BCUT2D eigenvalue weighted by Gasteiger charge is -2.20. The first-order valence-corrected chi connectivity index (χ1v) is 16.4. The molecule has 0 saturated carbocycles. The van der Waals surface area contributed by atoms with Crippen molar-refractivity contribution in [1.29, 1.82) is 0 Å². The Morgan fingerprint density at radius 3 is 2.30 bits per heavy atom. The van der Waals surface area contributed by atoms with Gasteiger partial charge in [-0.2, -0.15) is 8.88 Å². The zero-order valence-electron chi connectivity index (χ0n) is 23.3. The molecule has 6 rings (SSSR count). The van der Waals surface area contributed by atoms with Crippen molar-refractivity contribution in [2.75, 3.05) is 13.2 Å². The lowest BCUT2D eigenvalue weighted by atomic mass is 10.1. The van der Waals surface area contributed by atoms with Crippen molar-refractivity contribution in [1.82, 2.24) is 23.9 Å². The maximum absolute atomic E-state index is 12.5. The van der Waals surface area contributed by atoms with Crippen molar-refractivity contribution in [2.24, 2.45) is 5.73 Å². The van der Waals surface area contributed by atoms with Gasteiger partial charge in [-0.1, -0.05) is 0 Å². The zero-order valence-corrected chi connectivity index (χ0v) is 25.0. The smallest absolute Gasteiger partial charge is 0.387 e. The number of primary amides is 1. The number of hydrogen-bond acceptors (Lipinski definition) is 15. The number of phosphoric acid groups is 2. The predicted octanol–water partition coefficient (Wildman–Crippen LogP) is -2.35. The van der Waals surface area contributed by atoms with Gasteiger partial charge in [0.05, 0.1) is 19.5 Å². The molecule has 6 heterocycles. The highest BCUT2D eigenvalue weighted by molar-refractivity contribution is 7.61. The minimum absolute atomic E-state index is 0.0726. The van der Waals surface area contributed by atoms with E-state index >= 15 is 0 Å². The molecule has 1 amide bonds. The van der Waals surface area contributed by atoms with E-state index in [2.05, 4.69) is 19.3 Å². The number of nitrogens with zero attached hydrogens (tertiary/aromatic N) is 6. The van der Waals surface area contributed by atoms with E-state index in [0.717, 1.165) is 0 Å². The number of carbonyl (C=O) groups is 1. The molecule has 0 spiro atoms. The topological polar surface area (TPSA) is 297 Å². The number of pyridine rings is 1. The summed E-state index contributed by atoms with van der Waals surface area (Å²) in [5.41, 5.74) is 6.44. The molecule has 4 aromatic rings. The second-order valence-corrected chi connectivity index (χ2v) is 13.4. The summed E-state index contributed by atoms with van der Waals surface area (Å²) in [5, 5.41) is 41.9. The third-order valence-electron chi connectivity index (χ3n) is 7.31. The quantitative estimate of drug-likeness (QED) is 0.0641. The molecule has 2 aliphatic heterocycles. The summed E-state index contributed by atoms with van der Waals surface area (Å²) in [5.74, 6) is -0.762. The molecule has 8 N–H and O–H groups in total. The Kier molecular flexibility index (Phi) is 8.80. The average Bonchev–Trinajstić information content (AvgIpc) is 3.77. The SMILES string of the molecule is NC(=O)c1ccc[n+](C2OC(COP(=O)(O)OP(=O)(O)OCC3OC(n4cnc5c4ncn4ccnc54)C(O)C3O)C(O)C2O)c1. The standard InChI is InChI=1S/C23H27N7O14P2/c24-19(35)11-2-1-4-28(6-11)22-17(33)15(31)12(42-22)7-40-45(36,37)44-46(38,39)41-8-13-16(32)18(34)23(43-13)30-10-26-14-20-25-3-5-29(20)9-27-21(14)30/h1-6,9-10,12-13,15-18,22-23,31-34H,7-8H2,(H3-,24,35,36,37,38,39)/p+1. The first kappa shape index (κ1) is 32.7. The van der Waals surface area contributed by atoms with Crippen LogP contribution in [0.2, 0.25) is 0 Å². The lowest BCUT2D eigenvalue weighted by Crippen LogP contribution is -2.46. The highest BCUT2D eigenvalue weighted by Gasteiger charge is 2.50. The molecule has 0 aromatic carbocycles. The Hall–Kier alpha value is -3.27. The van der Waals surface area contributed by atoms with Gasteiger partial charge in [-0.05, 0) is 6.07 Å². The summed E-state index contributed by atoms with van der Waals surface area (Å²) in [6.45, 7) is -1.78. The van der Waals surface area contributed by atoms with Crippen LogP contribution in [0.25, 0.3) is 16.8 Å². The van der Waals surface area contributed by atoms with Crippen LogP contribution in [0, 0.1) is 0 Å². The lowest BCUT2D eigenvalue weighted by molar-refractivity contribution is -0.765. The van der Waals surface area contributed by atoms with Crippen LogP contribution >= 0.6 is 15.6 Å². The molecule has 21 nitrogen and oxygen atoms in total. The molecule has 2 saturated heterocycles. The Morgan fingerprint density at radius 2 is 1.61 bits per heavy atom. The van der Waals surface area contributed by atoms with Crippen LogP contribution in [0.3, 0.4) is 0 Å². The number of fused-ring (bicyclic) bond motifs is 3. The number of aromatic nitrogens is 6. The first-order chi connectivity index (χ1) is 21.7. The highest BCUT2D eigenvalue weighted by Crippen LogP contribution is 2.60. The molecule has 4 aromatic heterocycles. The highest BCUT2D eigenvalue weighted by atomic mass is 31.3. The first-order valence-electron chi connectivity index (χ1n) is 13.4. The second-order valence-electron chi connectivity index (χ2n) is 10.3. The third kappa shape index (κ3) is 6.34. The Labute approximate surface area is 257 Å². The van der Waals surface area contributed by atoms with Gasteiger partial charge in [0.2, 0.25) is 0 Å². The maximum Gasteiger partial charge on any atom is 0.481 e. The largest absolute Gasteiger partial charge is 0.481 e. The van der Waals surface area contributed by atoms with Crippen LogP contribution in [0.4, 0.5) is 0 Å². The number of amides is 1. The summed E-state index contributed by atoms with van der Waals surface area (Å²) in [7, 11) is -10.7. The number of carbonyl (C=O) groups excluding carboxylic acids is 1. The molecule has 23 heteroatoms. The third-order valence-corrected chi connectivity index (χ3v) is 9.91. The van der Waals surface area contributed by atoms with Crippen LogP contribution in [0.15, 0.2) is 49.6 Å². The predicted molar refractivity (Wildman–Crippen MR) is 146 cm³/mol. The molecule has 2 fully saturated rings. The van der Waals surface area contributed by atoms with E-state index in [4.69, 9.17) is 24.3 Å². The molecular weight excluding hydrogens is 660 g/mol. The van der Waals surface area contributed by atoms with E-state index < -0.39 is 83.8 Å². The number of aliphatic hydroxyl groups is 4.